The van der Waals surface area contributed by atoms with E-state index in [0.717, 1.165) is 17.7 Å². The molecular formula is C23H22F3NO5. The number of aliphatic hydroxyl groups is 1. The summed E-state index contributed by atoms with van der Waals surface area (Å²) in [5.74, 6) is -0.283. The highest BCUT2D eigenvalue weighted by molar-refractivity contribution is 5.98. The number of alkyl halides is 3. The number of oxime groups is 1. The fourth-order valence-electron chi connectivity index (χ4n) is 2.92. The average Bonchev–Trinajstić information content (AvgIpc) is 2.93. The van der Waals surface area contributed by atoms with Crippen LogP contribution in [0.15, 0.2) is 65.0 Å². The second-order valence-electron chi connectivity index (χ2n) is 7.68. The van der Waals surface area contributed by atoms with Gasteiger partial charge in [-0.25, -0.2) is 4.79 Å². The fraction of sp³-hybridized carbons (Fsp3) is 0.304. The van der Waals surface area contributed by atoms with Gasteiger partial charge in [-0.3, -0.25) is 0 Å². The van der Waals surface area contributed by atoms with Crippen LogP contribution in [0.1, 0.15) is 37.5 Å². The molecule has 0 amide bonds. The van der Waals surface area contributed by atoms with Gasteiger partial charge >= 0.3 is 12.1 Å². The third-order valence-electron chi connectivity index (χ3n) is 4.82. The highest BCUT2D eigenvalue weighted by atomic mass is 19.4. The van der Waals surface area contributed by atoms with Crippen molar-refractivity contribution in [3.8, 4) is 5.75 Å². The van der Waals surface area contributed by atoms with Crippen molar-refractivity contribution < 1.29 is 37.4 Å². The van der Waals surface area contributed by atoms with Crippen LogP contribution in [0.25, 0.3) is 0 Å². The van der Waals surface area contributed by atoms with E-state index in [1.165, 1.54) is 12.1 Å². The third-order valence-corrected chi connectivity index (χ3v) is 4.82. The minimum absolute atomic E-state index is 0.0295. The number of benzene rings is 2. The van der Waals surface area contributed by atoms with E-state index >= 15 is 0 Å². The predicted molar refractivity (Wildman–Crippen MR) is 110 cm³/mol. The van der Waals surface area contributed by atoms with E-state index in [9.17, 15) is 23.1 Å². The van der Waals surface area contributed by atoms with Crippen molar-refractivity contribution in [2.45, 2.75) is 39.2 Å². The number of nitrogens with zero attached hydrogens (tertiary/aromatic N) is 1. The summed E-state index contributed by atoms with van der Waals surface area (Å²) in [7, 11) is 0. The van der Waals surface area contributed by atoms with Gasteiger partial charge in [0.05, 0.1) is 11.3 Å². The van der Waals surface area contributed by atoms with Crippen molar-refractivity contribution in [2.24, 2.45) is 5.16 Å². The second kappa shape index (κ2) is 8.94. The average molecular weight is 449 g/mol. The van der Waals surface area contributed by atoms with E-state index in [1.54, 1.807) is 45.0 Å². The predicted octanol–water partition coefficient (Wildman–Crippen LogP) is 5.17. The lowest BCUT2D eigenvalue weighted by Gasteiger charge is -2.16. The Morgan fingerprint density at radius 3 is 2.22 bits per heavy atom. The smallest absolute Gasteiger partial charge is 0.416 e. The monoisotopic (exact) mass is 449 g/mol. The summed E-state index contributed by atoms with van der Waals surface area (Å²) in [5.41, 5.74) is 0.160. The molecule has 1 N–H and O–H groups in total. The van der Waals surface area contributed by atoms with Crippen LogP contribution in [0, 0.1) is 0 Å². The maximum absolute atomic E-state index is 12.6. The number of carbonyl (C=O) groups excluding carboxylic acids is 1. The summed E-state index contributed by atoms with van der Waals surface area (Å²) in [6.45, 7) is 4.80. The molecule has 0 fully saturated rings. The quantitative estimate of drug-likeness (QED) is 0.358. The second-order valence-corrected chi connectivity index (χ2v) is 7.68. The molecule has 0 radical (unpaired) electrons. The molecule has 2 aromatic carbocycles. The standard InChI is InChI=1S/C23H22F3NO5/c1-14(27-31-12-15-4-8-17(9-5-15)23(24,25)26)16-6-10-18(11-7-16)30-13-19-20(28)22(2,3)32-21(19)29/h4-11,28H,12-13H2,1-3H3. The zero-order valence-corrected chi connectivity index (χ0v) is 17.7. The molecule has 0 aliphatic carbocycles. The fourth-order valence-corrected chi connectivity index (χ4v) is 2.92. The number of hydrogen-bond acceptors (Lipinski definition) is 6. The molecule has 0 saturated carbocycles. The molecule has 9 heteroatoms. The number of hydrogen-bond donors (Lipinski definition) is 1. The van der Waals surface area contributed by atoms with Crippen LogP contribution in [0.3, 0.4) is 0 Å². The highest BCUT2D eigenvalue weighted by Gasteiger charge is 2.40. The van der Waals surface area contributed by atoms with Gasteiger partial charge in [0.2, 0.25) is 0 Å². The lowest BCUT2D eigenvalue weighted by atomic mass is 10.1. The van der Waals surface area contributed by atoms with Gasteiger partial charge in [-0.15, -0.1) is 0 Å². The first-order valence-corrected chi connectivity index (χ1v) is 9.69. The molecule has 0 bridgehead atoms. The van der Waals surface area contributed by atoms with Crippen LogP contribution in [0.5, 0.6) is 5.75 Å². The van der Waals surface area contributed by atoms with Gasteiger partial charge in [0, 0.05) is 0 Å². The van der Waals surface area contributed by atoms with Crippen LogP contribution in [-0.2, 0) is 27.2 Å². The molecule has 0 atom stereocenters. The molecule has 0 unspecified atom stereocenters. The number of ether oxygens (including phenoxy) is 2. The zero-order valence-electron chi connectivity index (χ0n) is 17.7. The molecule has 1 heterocycles. The van der Waals surface area contributed by atoms with E-state index in [0.29, 0.717) is 17.0 Å². The first-order valence-electron chi connectivity index (χ1n) is 9.69. The maximum atomic E-state index is 12.6. The molecule has 0 aromatic heterocycles. The van der Waals surface area contributed by atoms with Crippen LogP contribution in [0.2, 0.25) is 0 Å². The van der Waals surface area contributed by atoms with E-state index < -0.39 is 23.3 Å². The number of esters is 1. The Balaban J connectivity index is 1.54. The van der Waals surface area contributed by atoms with Crippen molar-refractivity contribution in [1.82, 2.24) is 0 Å². The Hall–Kier alpha value is -3.49. The molecule has 32 heavy (non-hydrogen) atoms. The van der Waals surface area contributed by atoms with E-state index in [-0.39, 0.29) is 24.5 Å². The molecule has 1 aliphatic rings. The summed E-state index contributed by atoms with van der Waals surface area (Å²) in [5, 5.41) is 14.1. The minimum Gasteiger partial charge on any atom is -0.507 e. The van der Waals surface area contributed by atoms with Crippen molar-refractivity contribution in [3.63, 3.8) is 0 Å². The van der Waals surface area contributed by atoms with E-state index in [1.807, 2.05) is 0 Å². The number of rotatable bonds is 7. The van der Waals surface area contributed by atoms with Gasteiger partial charge in [0.25, 0.3) is 0 Å². The number of halogens is 3. The van der Waals surface area contributed by atoms with Crippen LogP contribution in [0.4, 0.5) is 13.2 Å². The Morgan fingerprint density at radius 1 is 1.06 bits per heavy atom. The Kier molecular flexibility index (Phi) is 6.47. The summed E-state index contributed by atoms with van der Waals surface area (Å²) in [6.07, 6.45) is -4.38. The first kappa shape index (κ1) is 23.2. The Labute approximate surface area is 182 Å². The summed E-state index contributed by atoms with van der Waals surface area (Å²) >= 11 is 0. The van der Waals surface area contributed by atoms with Gasteiger partial charge in [0.1, 0.15) is 30.3 Å². The molecule has 2 aromatic rings. The maximum Gasteiger partial charge on any atom is 0.416 e. The van der Waals surface area contributed by atoms with Gasteiger partial charge in [0.15, 0.2) is 5.60 Å². The molecule has 1 aliphatic heterocycles. The van der Waals surface area contributed by atoms with Crippen molar-refractivity contribution >= 4 is 11.7 Å². The van der Waals surface area contributed by atoms with Crippen LogP contribution >= 0.6 is 0 Å². The Bertz CT molecular complexity index is 1040. The molecule has 0 saturated heterocycles. The van der Waals surface area contributed by atoms with Gasteiger partial charge < -0.3 is 19.4 Å². The van der Waals surface area contributed by atoms with Crippen LogP contribution in [-0.4, -0.2) is 29.0 Å². The topological polar surface area (TPSA) is 77.3 Å². The Morgan fingerprint density at radius 2 is 1.69 bits per heavy atom. The number of cyclic esters (lactones) is 1. The summed E-state index contributed by atoms with van der Waals surface area (Å²) < 4.78 is 48.4. The third kappa shape index (κ3) is 5.40. The molecule has 3 rings (SSSR count). The normalized spacial score (nSPS) is 16.2. The van der Waals surface area contributed by atoms with Gasteiger partial charge in [-0.1, -0.05) is 17.3 Å². The lowest BCUT2D eigenvalue weighted by molar-refractivity contribution is -0.145. The molecule has 6 nitrogen and oxygen atoms in total. The lowest BCUT2D eigenvalue weighted by Crippen LogP contribution is -2.22. The molecule has 0 spiro atoms. The molecular weight excluding hydrogens is 427 g/mol. The summed E-state index contributed by atoms with van der Waals surface area (Å²) in [6, 6.07) is 11.5. The van der Waals surface area contributed by atoms with Crippen molar-refractivity contribution in [2.75, 3.05) is 6.61 Å². The van der Waals surface area contributed by atoms with Crippen molar-refractivity contribution in [3.05, 3.63) is 76.6 Å². The van der Waals surface area contributed by atoms with Gasteiger partial charge in [-0.05, 0) is 68.3 Å². The number of carbonyl (C=O) groups is 1. The van der Waals surface area contributed by atoms with Crippen molar-refractivity contribution in [1.29, 1.82) is 0 Å². The SMILES string of the molecule is CC(=NOCc1ccc(C(F)(F)F)cc1)c1ccc(OCC2=C(O)C(C)(C)OC2=O)cc1. The largest absolute Gasteiger partial charge is 0.507 e. The first-order chi connectivity index (χ1) is 15.0. The summed E-state index contributed by atoms with van der Waals surface area (Å²) in [4.78, 5) is 17.1. The van der Waals surface area contributed by atoms with Gasteiger partial charge in [-0.2, -0.15) is 13.2 Å². The zero-order chi connectivity index (χ0) is 23.5. The van der Waals surface area contributed by atoms with E-state index in [4.69, 9.17) is 14.3 Å². The van der Waals surface area contributed by atoms with Crippen LogP contribution < -0.4 is 4.74 Å². The van der Waals surface area contributed by atoms with E-state index in [2.05, 4.69) is 5.16 Å². The number of aliphatic hydroxyl groups excluding tert-OH is 1. The minimum atomic E-state index is -4.38. The molecule has 170 valence electrons. The highest BCUT2D eigenvalue weighted by Crippen LogP contribution is 2.31.